The second-order valence-electron chi connectivity index (χ2n) is 3.06. The zero-order valence-electron chi connectivity index (χ0n) is 7.48. The number of halogens is 1. The molecule has 2 heterocycles. The van der Waals surface area contributed by atoms with Gasteiger partial charge >= 0.3 is 0 Å². The van der Waals surface area contributed by atoms with Crippen molar-refractivity contribution in [2.75, 3.05) is 18.1 Å². The molecule has 1 saturated heterocycles. The summed E-state index contributed by atoms with van der Waals surface area (Å²) in [5, 5.41) is 12.5. The highest BCUT2D eigenvalue weighted by molar-refractivity contribution is 7.99. The topological polar surface area (TPSA) is 29.5 Å². The van der Waals surface area contributed by atoms with E-state index in [2.05, 4.69) is 0 Å². The Morgan fingerprint density at radius 2 is 2.50 bits per heavy atom. The Morgan fingerprint density at radius 3 is 3.07 bits per heavy atom. The van der Waals surface area contributed by atoms with Gasteiger partial charge in [-0.25, -0.2) is 0 Å². The van der Waals surface area contributed by atoms with Crippen LogP contribution in [0.3, 0.4) is 0 Å². The molecule has 1 aliphatic heterocycles. The number of aliphatic hydroxyl groups is 1. The van der Waals surface area contributed by atoms with Crippen molar-refractivity contribution in [2.24, 2.45) is 0 Å². The fourth-order valence-electron chi connectivity index (χ4n) is 1.37. The maximum atomic E-state index is 10.0. The summed E-state index contributed by atoms with van der Waals surface area (Å²) in [7, 11) is 0. The Bertz CT molecular complexity index is 297. The summed E-state index contributed by atoms with van der Waals surface area (Å²) in [6, 6.07) is 1.81. The molecule has 5 heteroatoms. The van der Waals surface area contributed by atoms with Crippen LogP contribution in [0.2, 0.25) is 5.02 Å². The van der Waals surface area contributed by atoms with Gasteiger partial charge in [0.05, 0.1) is 22.6 Å². The molecule has 14 heavy (non-hydrogen) atoms. The third-order valence-electron chi connectivity index (χ3n) is 2.11. The van der Waals surface area contributed by atoms with E-state index < -0.39 is 6.10 Å². The van der Waals surface area contributed by atoms with Crippen LogP contribution in [0, 0.1) is 0 Å². The quantitative estimate of drug-likeness (QED) is 0.875. The predicted octanol–water partition coefficient (Wildman–Crippen LogP) is 2.57. The van der Waals surface area contributed by atoms with Crippen molar-refractivity contribution in [1.29, 1.82) is 0 Å². The molecule has 0 bridgehead atoms. The van der Waals surface area contributed by atoms with Gasteiger partial charge in [0.1, 0.15) is 6.10 Å². The molecular weight excluding hydrogens is 240 g/mol. The van der Waals surface area contributed by atoms with Gasteiger partial charge in [0.15, 0.2) is 0 Å². The van der Waals surface area contributed by atoms with E-state index in [4.69, 9.17) is 16.3 Å². The van der Waals surface area contributed by atoms with Crippen molar-refractivity contribution >= 4 is 34.7 Å². The Kier molecular flexibility index (Phi) is 3.73. The van der Waals surface area contributed by atoms with E-state index in [-0.39, 0.29) is 6.10 Å². The number of hydrogen-bond donors (Lipinski definition) is 1. The molecule has 1 aromatic heterocycles. The van der Waals surface area contributed by atoms with Gasteiger partial charge in [0.2, 0.25) is 0 Å². The van der Waals surface area contributed by atoms with Crippen molar-refractivity contribution in [3.05, 3.63) is 21.3 Å². The van der Waals surface area contributed by atoms with Gasteiger partial charge < -0.3 is 9.84 Å². The van der Waals surface area contributed by atoms with Gasteiger partial charge in [-0.15, -0.1) is 11.3 Å². The van der Waals surface area contributed by atoms with E-state index in [1.54, 1.807) is 6.07 Å². The number of thioether (sulfide) groups is 1. The fourth-order valence-corrected chi connectivity index (χ4v) is 3.47. The predicted molar refractivity (Wildman–Crippen MR) is 61.4 cm³/mol. The van der Waals surface area contributed by atoms with Gasteiger partial charge in [0.25, 0.3) is 0 Å². The second kappa shape index (κ2) is 4.86. The standard InChI is InChI=1S/C9H11ClO2S2/c10-6-1-3-14-9(6)8(11)7-5-13-4-2-12-7/h1,3,7-8,11H,2,4-5H2. The minimum absolute atomic E-state index is 0.107. The maximum absolute atomic E-state index is 10.0. The first-order chi connectivity index (χ1) is 6.79. The minimum atomic E-state index is -0.574. The summed E-state index contributed by atoms with van der Waals surface area (Å²) in [6.07, 6.45) is -0.680. The Morgan fingerprint density at radius 1 is 1.64 bits per heavy atom. The molecule has 0 aliphatic carbocycles. The lowest BCUT2D eigenvalue weighted by Crippen LogP contribution is -2.29. The van der Waals surface area contributed by atoms with Crippen LogP contribution in [0.5, 0.6) is 0 Å². The maximum Gasteiger partial charge on any atom is 0.117 e. The van der Waals surface area contributed by atoms with Crippen LogP contribution < -0.4 is 0 Å². The first-order valence-corrected chi connectivity index (χ1v) is 6.80. The van der Waals surface area contributed by atoms with Crippen molar-refractivity contribution in [3.8, 4) is 0 Å². The van der Waals surface area contributed by atoms with E-state index >= 15 is 0 Å². The molecule has 0 spiro atoms. The fraction of sp³-hybridized carbons (Fsp3) is 0.556. The van der Waals surface area contributed by atoms with Crippen LogP contribution in [0.1, 0.15) is 11.0 Å². The van der Waals surface area contributed by atoms with E-state index in [9.17, 15) is 5.11 Å². The molecule has 1 N–H and O–H groups in total. The third kappa shape index (κ3) is 2.25. The molecular formula is C9H11ClO2S2. The van der Waals surface area contributed by atoms with E-state index in [0.29, 0.717) is 5.02 Å². The number of rotatable bonds is 2. The van der Waals surface area contributed by atoms with E-state index in [0.717, 1.165) is 23.0 Å². The first-order valence-electron chi connectivity index (χ1n) is 4.39. The Labute approximate surface area is 96.2 Å². The molecule has 2 rings (SSSR count). The molecule has 2 atom stereocenters. The molecule has 0 saturated carbocycles. The highest BCUT2D eigenvalue weighted by atomic mass is 35.5. The Balaban J connectivity index is 2.07. The lowest BCUT2D eigenvalue weighted by Gasteiger charge is -2.26. The highest BCUT2D eigenvalue weighted by Gasteiger charge is 2.26. The molecule has 0 aromatic carbocycles. The molecule has 1 aromatic rings. The highest BCUT2D eigenvalue weighted by Crippen LogP contribution is 2.33. The van der Waals surface area contributed by atoms with Crippen molar-refractivity contribution < 1.29 is 9.84 Å². The minimum Gasteiger partial charge on any atom is -0.385 e. The van der Waals surface area contributed by atoms with Gasteiger partial charge in [-0.05, 0) is 11.4 Å². The Hall–Kier alpha value is 0.260. The molecule has 2 nitrogen and oxygen atoms in total. The van der Waals surface area contributed by atoms with Crippen LogP contribution in [0.25, 0.3) is 0 Å². The summed E-state index contributed by atoms with van der Waals surface area (Å²) in [6.45, 7) is 0.718. The van der Waals surface area contributed by atoms with Gasteiger partial charge in [-0.3, -0.25) is 0 Å². The number of hydrogen-bond acceptors (Lipinski definition) is 4. The summed E-state index contributed by atoms with van der Waals surface area (Å²) in [5.74, 6) is 1.86. The smallest absolute Gasteiger partial charge is 0.117 e. The van der Waals surface area contributed by atoms with Crippen LogP contribution in [0.4, 0.5) is 0 Å². The van der Waals surface area contributed by atoms with Crippen molar-refractivity contribution in [2.45, 2.75) is 12.2 Å². The van der Waals surface area contributed by atoms with Gasteiger partial charge in [-0.1, -0.05) is 11.6 Å². The zero-order valence-corrected chi connectivity index (χ0v) is 9.87. The molecule has 2 unspecified atom stereocenters. The molecule has 0 radical (unpaired) electrons. The molecule has 78 valence electrons. The summed E-state index contributed by atoms with van der Waals surface area (Å²) < 4.78 is 5.50. The number of ether oxygens (including phenoxy) is 1. The van der Waals surface area contributed by atoms with Crippen LogP contribution in [-0.4, -0.2) is 29.3 Å². The van der Waals surface area contributed by atoms with Crippen molar-refractivity contribution in [3.63, 3.8) is 0 Å². The lowest BCUT2D eigenvalue weighted by atomic mass is 10.2. The summed E-state index contributed by atoms with van der Waals surface area (Å²) >= 11 is 9.23. The molecule has 0 amide bonds. The number of thiophene rings is 1. The van der Waals surface area contributed by atoms with E-state index in [1.165, 1.54) is 11.3 Å². The third-order valence-corrected chi connectivity index (χ3v) is 4.56. The SMILES string of the molecule is OC(c1sccc1Cl)C1CSCCO1. The molecule has 1 fully saturated rings. The summed E-state index contributed by atoms with van der Waals surface area (Å²) in [4.78, 5) is 0.819. The second-order valence-corrected chi connectivity index (χ2v) is 5.57. The van der Waals surface area contributed by atoms with Gasteiger partial charge in [0, 0.05) is 11.5 Å². The van der Waals surface area contributed by atoms with Crippen LogP contribution in [-0.2, 0) is 4.74 Å². The average Bonchev–Trinajstić information content (AvgIpc) is 2.65. The van der Waals surface area contributed by atoms with E-state index in [1.807, 2.05) is 17.1 Å². The summed E-state index contributed by atoms with van der Waals surface area (Å²) in [5.41, 5.74) is 0. The monoisotopic (exact) mass is 250 g/mol. The van der Waals surface area contributed by atoms with Gasteiger partial charge in [-0.2, -0.15) is 11.8 Å². The van der Waals surface area contributed by atoms with Crippen molar-refractivity contribution in [1.82, 2.24) is 0 Å². The average molecular weight is 251 g/mol. The zero-order chi connectivity index (χ0) is 9.97. The first kappa shape index (κ1) is 10.8. The largest absolute Gasteiger partial charge is 0.385 e. The lowest BCUT2D eigenvalue weighted by molar-refractivity contribution is -0.0211. The normalized spacial score (nSPS) is 24.9. The van der Waals surface area contributed by atoms with Crippen LogP contribution >= 0.6 is 34.7 Å². The van der Waals surface area contributed by atoms with Crippen LogP contribution in [0.15, 0.2) is 11.4 Å². The molecule has 1 aliphatic rings. The number of aliphatic hydroxyl groups excluding tert-OH is 1.